The Kier molecular flexibility index (Phi) is 4.52. The van der Waals surface area contributed by atoms with Gasteiger partial charge in [0, 0.05) is 39.3 Å². The van der Waals surface area contributed by atoms with E-state index in [2.05, 4.69) is 31.9 Å². The molecule has 10 heteroatoms. The molecule has 3 heterocycles. The van der Waals surface area contributed by atoms with E-state index in [1.165, 1.54) is 14.2 Å². The highest BCUT2D eigenvalue weighted by Crippen LogP contribution is 2.47. The van der Waals surface area contributed by atoms with Crippen LogP contribution in [0.3, 0.4) is 0 Å². The molecule has 27 heavy (non-hydrogen) atoms. The molecule has 4 rings (SSSR count). The van der Waals surface area contributed by atoms with Crippen LogP contribution in [0.5, 0.6) is 11.5 Å². The molecule has 140 valence electrons. The van der Waals surface area contributed by atoms with Crippen molar-refractivity contribution in [2.75, 3.05) is 14.2 Å². The Bertz CT molecular complexity index is 1080. The molecule has 0 N–H and O–H groups in total. The smallest absolute Gasteiger partial charge is 0.493 e. The third-order valence-corrected chi connectivity index (χ3v) is 6.29. The third kappa shape index (κ3) is 2.55. The maximum atomic E-state index is 15.3. The van der Waals surface area contributed by atoms with E-state index < -0.39 is 6.97 Å². The van der Waals surface area contributed by atoms with Gasteiger partial charge in [0.2, 0.25) is 4.62 Å². The van der Waals surface area contributed by atoms with Crippen molar-refractivity contribution in [2.24, 2.45) is 0 Å². The number of ether oxygens (including phenoxy) is 2. The fraction of sp³-hybridized carbons (Fsp3) is 0.118. The summed E-state index contributed by atoms with van der Waals surface area (Å²) in [7, 11) is 2.99. The van der Waals surface area contributed by atoms with Crippen LogP contribution in [0.15, 0.2) is 46.7 Å². The number of nitrogens with zero attached hydrogens (tertiary/aromatic N) is 2. The number of halogens is 5. The molecule has 0 amide bonds. The van der Waals surface area contributed by atoms with Crippen LogP contribution in [0.1, 0.15) is 11.3 Å². The average molecular weight is 520 g/mol. The minimum Gasteiger partial charge on any atom is -0.493 e. The number of hydrogen-bond donors (Lipinski definition) is 0. The molecule has 0 unspecified atom stereocenters. The lowest BCUT2D eigenvalue weighted by atomic mass is 9.86. The lowest BCUT2D eigenvalue weighted by Gasteiger charge is -2.32. The summed E-state index contributed by atoms with van der Waals surface area (Å²) in [6.45, 7) is -4.08. The lowest BCUT2D eigenvalue weighted by molar-refractivity contribution is -0.358. The van der Waals surface area contributed by atoms with Crippen molar-refractivity contribution < 1.29 is 22.6 Å². The second-order valence-electron chi connectivity index (χ2n) is 5.95. The average Bonchev–Trinajstić information content (AvgIpc) is 3.20. The molecule has 0 bridgehead atoms. The monoisotopic (exact) mass is 518 g/mol. The van der Waals surface area contributed by atoms with E-state index >= 15 is 8.63 Å². The van der Waals surface area contributed by atoms with Crippen LogP contribution >= 0.6 is 43.5 Å². The zero-order chi connectivity index (χ0) is 19.5. The fourth-order valence-corrected chi connectivity index (χ4v) is 4.96. The van der Waals surface area contributed by atoms with E-state index in [-0.39, 0.29) is 14.2 Å². The SMILES string of the molecule is COc1ccc(C2=C3C=CC(Br)=[N+]3[B-](F)(F)n3c(Br)ccc32)c(Cl)c1OC. The molecule has 2 aliphatic heterocycles. The summed E-state index contributed by atoms with van der Waals surface area (Å²) in [6, 6.07) is 6.69. The first kappa shape index (κ1) is 18.8. The summed E-state index contributed by atoms with van der Waals surface area (Å²) in [5.41, 5.74) is 1.86. The maximum Gasteiger partial charge on any atom is 0.738 e. The predicted octanol–water partition coefficient (Wildman–Crippen LogP) is 5.29. The van der Waals surface area contributed by atoms with Gasteiger partial charge in [0.05, 0.1) is 29.4 Å². The highest BCUT2D eigenvalue weighted by atomic mass is 79.9. The van der Waals surface area contributed by atoms with Crippen LogP contribution in [0.4, 0.5) is 8.63 Å². The Hall–Kier alpha value is -1.58. The Labute approximate surface area is 176 Å². The maximum absolute atomic E-state index is 15.3. The van der Waals surface area contributed by atoms with Crippen LogP contribution < -0.4 is 9.47 Å². The van der Waals surface area contributed by atoms with Crippen LogP contribution in [0, 0.1) is 0 Å². The van der Waals surface area contributed by atoms with Crippen LogP contribution in [-0.2, 0) is 0 Å². The molecule has 1 aromatic carbocycles. The Balaban J connectivity index is 2.09. The number of methoxy groups -OCH3 is 2. The van der Waals surface area contributed by atoms with Crippen molar-refractivity contribution in [1.29, 1.82) is 0 Å². The standard InChI is InChI=1S/C17H12BBr2ClF2N2O2/c1-26-12-6-3-9(16(21)17(12)27-2)15-10-4-7-13(19)24(10)18(22,23)25-11(15)5-8-14(25)20/h3-8H,1-2H3. The van der Waals surface area contributed by atoms with Crippen LogP contribution in [0.25, 0.3) is 5.57 Å². The van der Waals surface area contributed by atoms with E-state index in [0.717, 1.165) is 8.96 Å². The molecule has 1 aromatic heterocycles. The summed E-state index contributed by atoms with van der Waals surface area (Å²) in [4.78, 5) is 0. The molecule has 0 fully saturated rings. The summed E-state index contributed by atoms with van der Waals surface area (Å²) in [5.74, 6) is 0.812. The summed E-state index contributed by atoms with van der Waals surface area (Å²) in [6.07, 6.45) is 3.24. The lowest BCUT2D eigenvalue weighted by Crippen LogP contribution is -2.50. The van der Waals surface area contributed by atoms with Gasteiger partial charge in [-0.1, -0.05) is 11.6 Å². The summed E-state index contributed by atoms with van der Waals surface area (Å²) >= 11 is 13.1. The van der Waals surface area contributed by atoms with Gasteiger partial charge < -0.3 is 27.1 Å². The van der Waals surface area contributed by atoms with Gasteiger partial charge in [-0.15, -0.1) is 0 Å². The molecule has 0 saturated heterocycles. The van der Waals surface area contributed by atoms with Crippen molar-refractivity contribution >= 4 is 60.6 Å². The second-order valence-corrected chi connectivity index (χ2v) is 7.95. The Morgan fingerprint density at radius 1 is 1.07 bits per heavy atom. The number of fused-ring (bicyclic) bond motifs is 2. The molecule has 0 saturated carbocycles. The first-order valence-corrected chi connectivity index (χ1v) is 9.83. The highest BCUT2D eigenvalue weighted by Gasteiger charge is 2.54. The Morgan fingerprint density at radius 2 is 1.81 bits per heavy atom. The van der Waals surface area contributed by atoms with Gasteiger partial charge in [0.25, 0.3) is 0 Å². The van der Waals surface area contributed by atoms with Gasteiger partial charge >= 0.3 is 6.97 Å². The zero-order valence-electron chi connectivity index (χ0n) is 14.1. The summed E-state index contributed by atoms with van der Waals surface area (Å²) < 4.78 is 43.7. The van der Waals surface area contributed by atoms with Gasteiger partial charge in [0.1, 0.15) is 0 Å². The topological polar surface area (TPSA) is 26.4 Å². The van der Waals surface area contributed by atoms with Gasteiger partial charge in [0.15, 0.2) is 17.2 Å². The van der Waals surface area contributed by atoms with Crippen molar-refractivity contribution in [3.63, 3.8) is 0 Å². The Morgan fingerprint density at radius 3 is 2.48 bits per heavy atom. The fourth-order valence-electron chi connectivity index (χ4n) is 3.49. The van der Waals surface area contributed by atoms with Gasteiger partial charge in [-0.05, 0) is 40.2 Å². The number of aromatic nitrogens is 1. The van der Waals surface area contributed by atoms with Crippen molar-refractivity contribution in [1.82, 2.24) is 4.48 Å². The normalized spacial score (nSPS) is 17.3. The number of rotatable bonds is 3. The highest BCUT2D eigenvalue weighted by molar-refractivity contribution is 9.18. The molecule has 0 spiro atoms. The van der Waals surface area contributed by atoms with Crippen LogP contribution in [0.2, 0.25) is 5.02 Å². The van der Waals surface area contributed by atoms with E-state index in [4.69, 9.17) is 21.1 Å². The molecule has 2 aliphatic rings. The van der Waals surface area contributed by atoms with Crippen LogP contribution in [-0.4, -0.2) is 34.8 Å². The molecular formula is C17H12BBr2ClF2N2O2. The predicted molar refractivity (Wildman–Crippen MR) is 109 cm³/mol. The van der Waals surface area contributed by atoms with Gasteiger partial charge in [-0.3, -0.25) is 0 Å². The first-order chi connectivity index (χ1) is 12.8. The van der Waals surface area contributed by atoms with E-state index in [9.17, 15) is 0 Å². The van der Waals surface area contributed by atoms with Crippen molar-refractivity contribution in [3.8, 4) is 11.5 Å². The number of benzene rings is 1. The molecule has 4 nitrogen and oxygen atoms in total. The van der Waals surface area contributed by atoms with Gasteiger partial charge in [-0.2, -0.15) is 0 Å². The largest absolute Gasteiger partial charge is 0.738 e. The molecular weight excluding hydrogens is 508 g/mol. The number of allylic oxidation sites excluding steroid dienone is 2. The molecule has 0 atom stereocenters. The van der Waals surface area contributed by atoms with Crippen molar-refractivity contribution in [2.45, 2.75) is 0 Å². The third-order valence-electron chi connectivity index (χ3n) is 4.62. The molecule has 0 aliphatic carbocycles. The number of hydrogen-bond acceptors (Lipinski definition) is 2. The minimum atomic E-state index is -4.08. The first-order valence-electron chi connectivity index (χ1n) is 7.87. The second kappa shape index (κ2) is 6.50. The zero-order valence-corrected chi connectivity index (χ0v) is 18.1. The van der Waals surface area contributed by atoms with Crippen molar-refractivity contribution in [3.05, 3.63) is 63.0 Å². The summed E-state index contributed by atoms with van der Waals surface area (Å²) in [5, 5.41) is 0.289. The van der Waals surface area contributed by atoms with E-state index in [1.54, 1.807) is 36.4 Å². The minimum absolute atomic E-state index is 0.280. The van der Waals surface area contributed by atoms with E-state index in [0.29, 0.717) is 34.0 Å². The van der Waals surface area contributed by atoms with Gasteiger partial charge in [-0.25, -0.2) is 0 Å². The van der Waals surface area contributed by atoms with E-state index in [1.807, 2.05) is 0 Å². The molecule has 2 aromatic rings. The quantitative estimate of drug-likeness (QED) is 0.515. The molecule has 0 radical (unpaired) electrons.